The summed E-state index contributed by atoms with van der Waals surface area (Å²) in [6.45, 7) is 0. The molecule has 0 N–H and O–H groups in total. The largest absolute Gasteiger partial charge is 0.456 e. The van der Waals surface area contributed by atoms with Crippen LogP contribution in [0.4, 0.5) is 0 Å². The van der Waals surface area contributed by atoms with Crippen LogP contribution < -0.4 is 9.47 Å². The van der Waals surface area contributed by atoms with Crippen LogP contribution in [0.15, 0.2) is 188 Å². The minimum Gasteiger partial charge on any atom is -0.456 e. The zero-order valence-electron chi connectivity index (χ0n) is 27.7. The van der Waals surface area contributed by atoms with Crippen molar-refractivity contribution in [2.75, 3.05) is 0 Å². The van der Waals surface area contributed by atoms with Gasteiger partial charge in [-0.3, -0.25) is 0 Å². The van der Waals surface area contributed by atoms with Crippen molar-refractivity contribution in [3.05, 3.63) is 188 Å². The third-order valence-electron chi connectivity index (χ3n) is 9.88. The van der Waals surface area contributed by atoms with E-state index in [4.69, 9.17) is 9.47 Å². The van der Waals surface area contributed by atoms with Crippen molar-refractivity contribution in [1.29, 1.82) is 0 Å². The third kappa shape index (κ3) is 4.90. The maximum Gasteiger partial charge on any atom is 0.136 e. The number of fused-ring (bicyclic) bond motifs is 9. The molecule has 1 aromatic heterocycles. The van der Waals surface area contributed by atoms with Crippen LogP contribution in [0.25, 0.3) is 72.0 Å². The molecule has 10 rings (SSSR count). The standard InChI is InChI=1S/C48H31NO2/c1-3-14-32(15-4-1)36-21-13-25-47-48(36)41-31-34(27-29-46(41)50-44-23-11-8-19-38(44)39-20-9-12-24-45(39)51-47)33-26-28-43-40(30-33)37-18-7-10-22-42(37)49(43)35-16-5-2-6-17-35/h1-31H. The molecule has 3 nitrogen and oxygen atoms in total. The SMILES string of the molecule is c1ccc(-c2cccc3c2-c2cc(-c4ccc5c(c4)c4ccccc4n5-c4ccccc4)ccc2Oc2ccccc2-c2ccccc2O3)cc1. The third-order valence-corrected chi connectivity index (χ3v) is 9.88. The zero-order valence-corrected chi connectivity index (χ0v) is 27.7. The van der Waals surface area contributed by atoms with Crippen LogP contribution >= 0.6 is 0 Å². The lowest BCUT2D eigenvalue weighted by molar-refractivity contribution is 0.472. The predicted octanol–water partition coefficient (Wildman–Crippen LogP) is 13.3. The van der Waals surface area contributed by atoms with Crippen molar-refractivity contribution < 1.29 is 9.47 Å². The highest BCUT2D eigenvalue weighted by Crippen LogP contribution is 2.50. The molecule has 0 amide bonds. The van der Waals surface area contributed by atoms with Gasteiger partial charge in [0.15, 0.2) is 0 Å². The summed E-state index contributed by atoms with van der Waals surface area (Å²) in [5.41, 5.74) is 11.8. The van der Waals surface area contributed by atoms with Crippen LogP contribution in [0.3, 0.4) is 0 Å². The van der Waals surface area contributed by atoms with Gasteiger partial charge in [0.05, 0.1) is 11.0 Å². The number of ether oxygens (including phenoxy) is 2. The van der Waals surface area contributed by atoms with E-state index in [2.05, 4.69) is 156 Å². The molecule has 9 aromatic rings. The first kappa shape index (κ1) is 29.1. The van der Waals surface area contributed by atoms with Gasteiger partial charge in [0.1, 0.15) is 23.0 Å². The summed E-state index contributed by atoms with van der Waals surface area (Å²) in [5.74, 6) is 3.09. The second-order valence-electron chi connectivity index (χ2n) is 12.9. The molecule has 1 aliphatic heterocycles. The normalized spacial score (nSPS) is 11.8. The Labute approximate surface area is 296 Å². The lowest BCUT2D eigenvalue weighted by Gasteiger charge is -2.23. The molecule has 0 bridgehead atoms. The molecule has 51 heavy (non-hydrogen) atoms. The van der Waals surface area contributed by atoms with Gasteiger partial charge in [-0.1, -0.05) is 127 Å². The maximum atomic E-state index is 6.93. The Morgan fingerprint density at radius 1 is 0.314 bits per heavy atom. The van der Waals surface area contributed by atoms with Gasteiger partial charge in [-0.25, -0.2) is 0 Å². The smallest absolute Gasteiger partial charge is 0.136 e. The fourth-order valence-electron chi connectivity index (χ4n) is 7.55. The highest BCUT2D eigenvalue weighted by Gasteiger charge is 2.24. The number of aromatic nitrogens is 1. The summed E-state index contributed by atoms with van der Waals surface area (Å²) in [5, 5.41) is 2.43. The van der Waals surface area contributed by atoms with Gasteiger partial charge in [0.25, 0.3) is 0 Å². The summed E-state index contributed by atoms with van der Waals surface area (Å²) in [7, 11) is 0. The minimum absolute atomic E-state index is 0.764. The van der Waals surface area contributed by atoms with Gasteiger partial charge >= 0.3 is 0 Å². The van der Waals surface area contributed by atoms with Crippen LogP contribution in [0, 0.1) is 0 Å². The molecule has 240 valence electrons. The molecule has 1 aliphatic rings. The van der Waals surface area contributed by atoms with Crippen molar-refractivity contribution in [3.63, 3.8) is 0 Å². The first-order valence-electron chi connectivity index (χ1n) is 17.3. The first-order valence-corrected chi connectivity index (χ1v) is 17.3. The van der Waals surface area contributed by atoms with Crippen molar-refractivity contribution in [2.45, 2.75) is 0 Å². The molecule has 8 aromatic carbocycles. The van der Waals surface area contributed by atoms with Crippen LogP contribution in [0.1, 0.15) is 0 Å². The van der Waals surface area contributed by atoms with Gasteiger partial charge in [0, 0.05) is 38.7 Å². The highest BCUT2D eigenvalue weighted by molar-refractivity contribution is 6.10. The fourth-order valence-corrected chi connectivity index (χ4v) is 7.55. The molecular weight excluding hydrogens is 623 g/mol. The van der Waals surface area contributed by atoms with E-state index in [0.717, 1.165) is 73.2 Å². The molecule has 0 atom stereocenters. The number of hydrogen-bond acceptors (Lipinski definition) is 2. The summed E-state index contributed by atoms with van der Waals surface area (Å²) in [6, 6.07) is 65.8. The highest BCUT2D eigenvalue weighted by atomic mass is 16.5. The average molecular weight is 654 g/mol. The summed E-state index contributed by atoms with van der Waals surface area (Å²) < 4.78 is 16.2. The molecule has 0 saturated heterocycles. The van der Waals surface area contributed by atoms with Gasteiger partial charge < -0.3 is 14.0 Å². The molecule has 0 radical (unpaired) electrons. The molecule has 0 unspecified atom stereocenters. The average Bonchev–Trinajstić information content (AvgIpc) is 3.53. The summed E-state index contributed by atoms with van der Waals surface area (Å²) >= 11 is 0. The number of hydrogen-bond donors (Lipinski definition) is 0. The predicted molar refractivity (Wildman–Crippen MR) is 209 cm³/mol. The van der Waals surface area contributed by atoms with Crippen molar-refractivity contribution in [3.8, 4) is 73.2 Å². The second kappa shape index (κ2) is 11.9. The topological polar surface area (TPSA) is 23.4 Å². The van der Waals surface area contributed by atoms with Crippen LogP contribution in [0.5, 0.6) is 23.0 Å². The summed E-state index contributed by atoms with van der Waals surface area (Å²) in [4.78, 5) is 0. The van der Waals surface area contributed by atoms with Gasteiger partial charge in [-0.05, 0) is 82.9 Å². The van der Waals surface area contributed by atoms with E-state index in [1.807, 2.05) is 36.4 Å². The van der Waals surface area contributed by atoms with Crippen molar-refractivity contribution >= 4 is 21.8 Å². The molecule has 3 heteroatoms. The van der Waals surface area contributed by atoms with E-state index in [9.17, 15) is 0 Å². The van der Waals surface area contributed by atoms with E-state index in [0.29, 0.717) is 0 Å². The van der Waals surface area contributed by atoms with E-state index in [-0.39, 0.29) is 0 Å². The Kier molecular flexibility index (Phi) is 6.81. The lowest BCUT2D eigenvalue weighted by Crippen LogP contribution is -1.99. The Morgan fingerprint density at radius 2 is 0.863 bits per heavy atom. The molecule has 0 spiro atoms. The zero-order chi connectivity index (χ0) is 33.7. The second-order valence-corrected chi connectivity index (χ2v) is 12.9. The quantitative estimate of drug-likeness (QED) is 0.189. The van der Waals surface area contributed by atoms with Gasteiger partial charge in [-0.2, -0.15) is 0 Å². The van der Waals surface area contributed by atoms with E-state index in [1.54, 1.807) is 0 Å². The van der Waals surface area contributed by atoms with E-state index >= 15 is 0 Å². The number of rotatable bonds is 3. The molecule has 0 aliphatic carbocycles. The number of benzene rings is 8. The Balaban J connectivity index is 1.22. The van der Waals surface area contributed by atoms with E-state index in [1.165, 1.54) is 21.8 Å². The van der Waals surface area contributed by atoms with E-state index < -0.39 is 0 Å². The molecule has 0 fully saturated rings. The Hall–Kier alpha value is -6.84. The van der Waals surface area contributed by atoms with Crippen LogP contribution in [-0.2, 0) is 0 Å². The molecular formula is C48H31NO2. The molecule has 2 heterocycles. The lowest BCUT2D eigenvalue weighted by atomic mass is 9.90. The van der Waals surface area contributed by atoms with Crippen molar-refractivity contribution in [2.24, 2.45) is 0 Å². The Morgan fingerprint density at radius 3 is 1.65 bits per heavy atom. The number of nitrogens with zero attached hydrogens (tertiary/aromatic N) is 1. The van der Waals surface area contributed by atoms with Crippen LogP contribution in [0.2, 0.25) is 0 Å². The summed E-state index contributed by atoms with van der Waals surface area (Å²) in [6.07, 6.45) is 0. The fraction of sp³-hybridized carbons (Fsp3) is 0. The monoisotopic (exact) mass is 653 g/mol. The Bertz CT molecular complexity index is 2740. The van der Waals surface area contributed by atoms with Gasteiger partial charge in [-0.15, -0.1) is 0 Å². The van der Waals surface area contributed by atoms with Crippen LogP contribution in [-0.4, -0.2) is 4.57 Å². The maximum absolute atomic E-state index is 6.93. The first-order chi connectivity index (χ1) is 25.3. The van der Waals surface area contributed by atoms with Crippen molar-refractivity contribution in [1.82, 2.24) is 4.57 Å². The molecule has 0 saturated carbocycles. The van der Waals surface area contributed by atoms with Gasteiger partial charge in [0.2, 0.25) is 0 Å². The minimum atomic E-state index is 0.764. The number of para-hydroxylation sites is 4.